The van der Waals surface area contributed by atoms with Crippen LogP contribution >= 0.6 is 11.6 Å². The van der Waals surface area contributed by atoms with E-state index in [0.717, 1.165) is 5.56 Å². The summed E-state index contributed by atoms with van der Waals surface area (Å²) < 4.78 is 29.1. The lowest BCUT2D eigenvalue weighted by Crippen LogP contribution is -2.13. The Bertz CT molecular complexity index is 1240. The first kappa shape index (κ1) is 17.3. The number of rotatable bonds is 4. The molecule has 0 aliphatic rings. The molecule has 0 atom stereocenters. The highest BCUT2D eigenvalue weighted by Gasteiger charge is 2.17. The van der Waals surface area contributed by atoms with Crippen LogP contribution in [0, 0.1) is 0 Å². The second-order valence-corrected chi connectivity index (χ2v) is 7.83. The third-order valence-electron chi connectivity index (χ3n) is 4.03. The van der Waals surface area contributed by atoms with Crippen molar-refractivity contribution in [2.45, 2.75) is 4.90 Å². The third-order valence-corrected chi connectivity index (χ3v) is 5.91. The predicted molar refractivity (Wildman–Crippen MR) is 105 cm³/mol. The molecule has 2 heterocycles. The lowest BCUT2D eigenvalue weighted by molar-refractivity contribution is 0.601. The number of nitrogens with two attached hydrogens (primary N) is 1. The van der Waals surface area contributed by atoms with E-state index in [1.165, 1.54) is 12.1 Å². The Hall–Kier alpha value is -3.10. The van der Waals surface area contributed by atoms with E-state index in [4.69, 9.17) is 17.3 Å². The number of nitrogens with one attached hydrogen (secondary N) is 1. The Labute approximate surface area is 160 Å². The van der Waals surface area contributed by atoms with Crippen LogP contribution < -0.4 is 10.5 Å². The molecule has 27 heavy (non-hydrogen) atoms. The molecule has 0 aliphatic heterocycles. The first-order valence-corrected chi connectivity index (χ1v) is 9.78. The molecular formula is C18H14ClN5O2S. The minimum atomic E-state index is -3.78. The van der Waals surface area contributed by atoms with Gasteiger partial charge in [-0.05, 0) is 29.8 Å². The van der Waals surface area contributed by atoms with Gasteiger partial charge in [0.05, 0.1) is 11.2 Å². The lowest BCUT2D eigenvalue weighted by atomic mass is 10.1. The zero-order chi connectivity index (χ0) is 19.0. The van der Waals surface area contributed by atoms with Crippen molar-refractivity contribution in [1.29, 1.82) is 0 Å². The van der Waals surface area contributed by atoms with Gasteiger partial charge in [0.1, 0.15) is 10.7 Å². The predicted octanol–water partition coefficient (Wildman–Crippen LogP) is 3.43. The summed E-state index contributed by atoms with van der Waals surface area (Å²) in [5.74, 6) is 0.453. The van der Waals surface area contributed by atoms with E-state index in [1.807, 2.05) is 0 Å². The van der Waals surface area contributed by atoms with E-state index in [1.54, 1.807) is 59.4 Å². The van der Waals surface area contributed by atoms with Crippen LogP contribution in [0.15, 0.2) is 71.9 Å². The third kappa shape index (κ3) is 3.20. The van der Waals surface area contributed by atoms with Crippen molar-refractivity contribution < 1.29 is 8.42 Å². The number of halogens is 1. The molecule has 0 aliphatic carbocycles. The molecule has 3 N–H and O–H groups in total. The van der Waals surface area contributed by atoms with E-state index in [2.05, 4.69) is 14.8 Å². The number of hydrogen-bond acceptors (Lipinski definition) is 5. The van der Waals surface area contributed by atoms with E-state index in [-0.39, 0.29) is 9.92 Å². The summed E-state index contributed by atoms with van der Waals surface area (Å²) in [6, 6.07) is 14.8. The summed E-state index contributed by atoms with van der Waals surface area (Å²) in [5.41, 5.74) is 8.71. The van der Waals surface area contributed by atoms with Gasteiger partial charge in [-0.3, -0.25) is 4.72 Å². The van der Waals surface area contributed by atoms with Crippen LogP contribution in [0.4, 0.5) is 11.5 Å². The standard InChI is InChI=1S/C18H14ClN5O2S/c19-15-3-1-2-4-16(15)27(25,26)23-13-7-5-12(6-8-13)14-11-21-17-9-10-22-24(17)18(14)20/h1-11,23H,20H2. The Morgan fingerprint density at radius 1 is 1.04 bits per heavy atom. The highest BCUT2D eigenvalue weighted by molar-refractivity contribution is 7.92. The lowest BCUT2D eigenvalue weighted by Gasteiger charge is -2.11. The van der Waals surface area contributed by atoms with Crippen molar-refractivity contribution >= 4 is 38.8 Å². The molecule has 7 nitrogen and oxygen atoms in total. The van der Waals surface area contributed by atoms with Gasteiger partial charge in [-0.2, -0.15) is 9.61 Å². The van der Waals surface area contributed by atoms with Gasteiger partial charge in [0, 0.05) is 23.5 Å². The largest absolute Gasteiger partial charge is 0.383 e. The van der Waals surface area contributed by atoms with E-state index in [0.29, 0.717) is 22.7 Å². The Balaban J connectivity index is 1.64. The molecule has 0 spiro atoms. The van der Waals surface area contributed by atoms with E-state index >= 15 is 0 Å². The molecule has 2 aromatic carbocycles. The summed E-state index contributed by atoms with van der Waals surface area (Å²) in [7, 11) is -3.78. The van der Waals surface area contributed by atoms with Crippen molar-refractivity contribution in [2.24, 2.45) is 0 Å². The molecule has 4 aromatic rings. The minimum Gasteiger partial charge on any atom is -0.383 e. The molecule has 0 radical (unpaired) electrons. The number of aromatic nitrogens is 3. The molecule has 0 bridgehead atoms. The van der Waals surface area contributed by atoms with Crippen LogP contribution in [0.2, 0.25) is 5.02 Å². The Morgan fingerprint density at radius 3 is 2.52 bits per heavy atom. The fourth-order valence-electron chi connectivity index (χ4n) is 2.70. The maximum atomic E-state index is 12.5. The Morgan fingerprint density at radius 2 is 1.78 bits per heavy atom. The number of anilines is 2. The highest BCUT2D eigenvalue weighted by Crippen LogP contribution is 2.28. The van der Waals surface area contributed by atoms with Gasteiger partial charge in [-0.15, -0.1) is 0 Å². The first-order chi connectivity index (χ1) is 13.0. The summed E-state index contributed by atoms with van der Waals surface area (Å²) >= 11 is 5.99. The van der Waals surface area contributed by atoms with Crippen molar-refractivity contribution in [1.82, 2.24) is 14.6 Å². The molecule has 136 valence electrons. The Kier molecular flexibility index (Phi) is 4.21. The van der Waals surface area contributed by atoms with Crippen molar-refractivity contribution in [3.8, 4) is 11.1 Å². The number of hydrogen-bond donors (Lipinski definition) is 2. The van der Waals surface area contributed by atoms with Crippen LogP contribution in [0.1, 0.15) is 0 Å². The molecule has 0 saturated carbocycles. The van der Waals surface area contributed by atoms with Crippen LogP contribution in [0.3, 0.4) is 0 Å². The summed E-state index contributed by atoms with van der Waals surface area (Å²) in [6.45, 7) is 0. The smallest absolute Gasteiger partial charge is 0.263 e. The molecule has 0 unspecified atom stereocenters. The van der Waals surface area contributed by atoms with Crippen LogP contribution in [0.25, 0.3) is 16.8 Å². The van der Waals surface area contributed by atoms with E-state index in [9.17, 15) is 8.42 Å². The van der Waals surface area contributed by atoms with Crippen molar-refractivity contribution in [3.63, 3.8) is 0 Å². The fourth-order valence-corrected chi connectivity index (χ4v) is 4.28. The molecular weight excluding hydrogens is 386 g/mol. The number of sulfonamides is 1. The van der Waals surface area contributed by atoms with Crippen LogP contribution in [0.5, 0.6) is 0 Å². The average Bonchev–Trinajstić information content (AvgIpc) is 3.13. The van der Waals surface area contributed by atoms with E-state index < -0.39 is 10.0 Å². The van der Waals surface area contributed by atoms with Crippen molar-refractivity contribution in [2.75, 3.05) is 10.5 Å². The SMILES string of the molecule is Nc1c(-c2ccc(NS(=O)(=O)c3ccccc3Cl)cc2)cnc2ccnn12. The fraction of sp³-hybridized carbons (Fsp3) is 0. The normalized spacial score (nSPS) is 11.6. The van der Waals surface area contributed by atoms with Gasteiger partial charge < -0.3 is 5.73 Å². The number of nitrogen functional groups attached to an aromatic ring is 1. The van der Waals surface area contributed by atoms with Crippen LogP contribution in [-0.4, -0.2) is 23.0 Å². The zero-order valence-electron chi connectivity index (χ0n) is 13.9. The molecule has 0 fully saturated rings. The number of nitrogens with zero attached hydrogens (tertiary/aromatic N) is 3. The maximum Gasteiger partial charge on any atom is 0.263 e. The topological polar surface area (TPSA) is 102 Å². The van der Waals surface area contributed by atoms with Gasteiger partial charge in [0.15, 0.2) is 5.65 Å². The molecule has 0 amide bonds. The zero-order valence-corrected chi connectivity index (χ0v) is 15.4. The monoisotopic (exact) mass is 399 g/mol. The maximum absolute atomic E-state index is 12.5. The van der Waals surface area contributed by atoms with Crippen LogP contribution in [-0.2, 0) is 10.0 Å². The molecule has 0 saturated heterocycles. The summed E-state index contributed by atoms with van der Waals surface area (Å²) in [5, 5.41) is 4.30. The second kappa shape index (κ2) is 6.57. The average molecular weight is 400 g/mol. The molecule has 2 aromatic heterocycles. The first-order valence-electron chi connectivity index (χ1n) is 7.92. The highest BCUT2D eigenvalue weighted by atomic mass is 35.5. The van der Waals surface area contributed by atoms with Gasteiger partial charge in [0.2, 0.25) is 0 Å². The number of fused-ring (bicyclic) bond motifs is 1. The van der Waals surface area contributed by atoms with Crippen molar-refractivity contribution in [3.05, 3.63) is 72.0 Å². The minimum absolute atomic E-state index is 0.0216. The second-order valence-electron chi connectivity index (χ2n) is 5.77. The van der Waals surface area contributed by atoms with Gasteiger partial charge in [-0.1, -0.05) is 35.9 Å². The quantitative estimate of drug-likeness (QED) is 0.547. The van der Waals surface area contributed by atoms with Gasteiger partial charge in [-0.25, -0.2) is 13.4 Å². The van der Waals surface area contributed by atoms with Gasteiger partial charge >= 0.3 is 0 Å². The summed E-state index contributed by atoms with van der Waals surface area (Å²) in [6.07, 6.45) is 3.28. The molecule has 4 rings (SSSR count). The van der Waals surface area contributed by atoms with Gasteiger partial charge in [0.25, 0.3) is 10.0 Å². The molecule has 9 heteroatoms. The summed E-state index contributed by atoms with van der Waals surface area (Å²) in [4.78, 5) is 4.33. The number of benzene rings is 2.